The predicted octanol–water partition coefficient (Wildman–Crippen LogP) is 3.48. The highest BCUT2D eigenvalue weighted by atomic mass is 32.2. The Bertz CT molecular complexity index is 1540. The van der Waals surface area contributed by atoms with Gasteiger partial charge < -0.3 is 24.2 Å². The number of fused-ring (bicyclic) bond motifs is 2. The highest BCUT2D eigenvalue weighted by Gasteiger charge is 2.60. The number of thiazole rings is 1. The molecule has 1 N–H and O–H groups in total. The molecule has 0 aromatic carbocycles. The molecule has 2 aromatic heterocycles. The van der Waals surface area contributed by atoms with Crippen molar-refractivity contribution in [1.29, 1.82) is 0 Å². The number of aliphatic hydroxyl groups is 1. The van der Waals surface area contributed by atoms with Crippen molar-refractivity contribution in [3.05, 3.63) is 23.1 Å². The molecule has 14 heteroatoms. The minimum Gasteiger partial charge on any atom is -0.431 e. The summed E-state index contributed by atoms with van der Waals surface area (Å²) in [6, 6.07) is -0.490. The number of rotatable bonds is 8. The summed E-state index contributed by atoms with van der Waals surface area (Å²) in [5, 5.41) is 10.2. The number of esters is 1. The van der Waals surface area contributed by atoms with Crippen molar-refractivity contribution in [3.8, 4) is 0 Å². The fraction of sp³-hybridized carbons (Fsp3) is 0.643. The zero-order valence-corrected chi connectivity index (χ0v) is 26.1. The fourth-order valence-electron chi connectivity index (χ4n) is 6.65. The van der Waals surface area contributed by atoms with Gasteiger partial charge in [0, 0.05) is 23.9 Å². The summed E-state index contributed by atoms with van der Waals surface area (Å²) in [5.41, 5.74) is 0.457. The molecule has 0 bridgehead atoms. The summed E-state index contributed by atoms with van der Waals surface area (Å²) in [4.78, 5) is 45.3. The lowest BCUT2D eigenvalue weighted by atomic mass is 9.75. The fourth-order valence-corrected chi connectivity index (χ4v) is 9.00. The van der Waals surface area contributed by atoms with Gasteiger partial charge in [-0.3, -0.25) is 9.20 Å². The highest BCUT2D eigenvalue weighted by molar-refractivity contribution is 7.91. The molecule has 2 aromatic rings. The molecule has 2 aliphatic heterocycles. The molecule has 5 rings (SSSR count). The molecule has 2 unspecified atom stereocenters. The van der Waals surface area contributed by atoms with E-state index < -0.39 is 52.7 Å². The van der Waals surface area contributed by atoms with Crippen LogP contribution in [0.4, 0.5) is 4.79 Å². The smallest absolute Gasteiger partial charge is 0.431 e. The molecule has 1 saturated heterocycles. The maximum atomic E-state index is 13.4. The van der Waals surface area contributed by atoms with Gasteiger partial charge in [-0.2, -0.15) is 0 Å². The Morgan fingerprint density at radius 3 is 2.55 bits per heavy atom. The standard InChI is InChI=1S/C28H37N3O9S2/c1-13(2)17-8-7-14(3)9-18(17)40-28(35)39-12-38-27(34)23-20(15(4)22-21(16(5)32)25(33)31(22)23)19-10-30-11-29-24(26(30)41-19)42(6,36)37/h10-11,13-18,21-22,32H,7-9,12H2,1-6H3/t14-,15+,16-,17?,18?,21-,22-/m1/s1. The van der Waals surface area contributed by atoms with Crippen LogP contribution < -0.4 is 0 Å². The molecule has 1 aliphatic carbocycles. The topological polar surface area (TPSA) is 154 Å². The monoisotopic (exact) mass is 623 g/mol. The number of hydrogen-bond acceptors (Lipinski definition) is 11. The number of aromatic nitrogens is 2. The molecular formula is C28H37N3O9S2. The van der Waals surface area contributed by atoms with Crippen LogP contribution in [0.5, 0.6) is 0 Å². The second-order valence-electron chi connectivity index (χ2n) is 12.1. The van der Waals surface area contributed by atoms with Crippen molar-refractivity contribution in [2.75, 3.05) is 13.0 Å². The quantitative estimate of drug-likeness (QED) is 0.263. The van der Waals surface area contributed by atoms with Crippen molar-refractivity contribution < 1.29 is 42.1 Å². The van der Waals surface area contributed by atoms with E-state index in [1.165, 1.54) is 18.2 Å². The van der Waals surface area contributed by atoms with Gasteiger partial charge in [-0.15, -0.1) is 11.3 Å². The number of nitrogens with zero attached hydrogens (tertiary/aromatic N) is 3. The van der Waals surface area contributed by atoms with Crippen LogP contribution in [0.1, 0.15) is 58.8 Å². The largest absolute Gasteiger partial charge is 0.511 e. The Morgan fingerprint density at radius 1 is 1.19 bits per heavy atom. The Kier molecular flexibility index (Phi) is 8.18. The summed E-state index contributed by atoms with van der Waals surface area (Å²) in [7, 11) is -3.61. The first-order valence-electron chi connectivity index (χ1n) is 14.1. The number of sulfone groups is 1. The van der Waals surface area contributed by atoms with Crippen molar-refractivity contribution >= 4 is 49.6 Å². The number of carbonyl (C=O) groups excluding carboxylic acids is 3. The van der Waals surface area contributed by atoms with E-state index in [-0.39, 0.29) is 28.7 Å². The molecule has 12 nitrogen and oxygen atoms in total. The first-order valence-corrected chi connectivity index (χ1v) is 16.8. The molecular weight excluding hydrogens is 586 g/mol. The van der Waals surface area contributed by atoms with Crippen LogP contribution in [0.3, 0.4) is 0 Å². The molecule has 42 heavy (non-hydrogen) atoms. The first kappa shape index (κ1) is 30.5. The van der Waals surface area contributed by atoms with Crippen molar-refractivity contribution in [3.63, 3.8) is 0 Å². The summed E-state index contributed by atoms with van der Waals surface area (Å²) >= 11 is 1.12. The number of carbonyl (C=O) groups is 3. The minimum absolute atomic E-state index is 0.0225. The lowest BCUT2D eigenvalue weighted by molar-refractivity contribution is -0.167. The van der Waals surface area contributed by atoms with Gasteiger partial charge in [-0.05, 0) is 37.5 Å². The molecule has 3 aliphatic rings. The number of aliphatic hydroxyl groups excluding tert-OH is 1. The summed E-state index contributed by atoms with van der Waals surface area (Å²) in [6.07, 6.45) is 4.71. The van der Waals surface area contributed by atoms with E-state index in [1.807, 2.05) is 6.92 Å². The van der Waals surface area contributed by atoms with Crippen LogP contribution in [-0.4, -0.2) is 77.1 Å². The predicted molar refractivity (Wildman–Crippen MR) is 152 cm³/mol. The second-order valence-corrected chi connectivity index (χ2v) is 15.0. The number of β-lactam (4-membered cyclic amide) rings is 1. The summed E-state index contributed by atoms with van der Waals surface area (Å²) in [5.74, 6) is -1.41. The van der Waals surface area contributed by atoms with E-state index in [0.717, 1.165) is 36.9 Å². The third kappa shape index (κ3) is 5.32. The minimum atomic E-state index is -3.61. The van der Waals surface area contributed by atoms with Gasteiger partial charge >= 0.3 is 12.1 Å². The van der Waals surface area contributed by atoms with Crippen LogP contribution in [0.25, 0.3) is 10.4 Å². The average molecular weight is 624 g/mol. The van der Waals surface area contributed by atoms with Gasteiger partial charge in [0.15, 0.2) is 14.9 Å². The third-order valence-corrected chi connectivity index (χ3v) is 11.0. The normalized spacial score (nSPS) is 28.6. The van der Waals surface area contributed by atoms with Crippen LogP contribution in [0, 0.1) is 29.6 Å². The maximum Gasteiger partial charge on any atom is 0.511 e. The molecule has 0 radical (unpaired) electrons. The molecule has 2 fully saturated rings. The lowest BCUT2D eigenvalue weighted by Gasteiger charge is -2.46. The molecule has 1 saturated carbocycles. The van der Waals surface area contributed by atoms with Crippen LogP contribution >= 0.6 is 11.3 Å². The Morgan fingerprint density at radius 2 is 1.90 bits per heavy atom. The van der Waals surface area contributed by atoms with Crippen LogP contribution in [0.15, 0.2) is 23.2 Å². The SMILES string of the molecule is CC(C)C1CC[C@@H](C)CC1OC(=O)OCOC(=O)C1=C(c2cn3cnc(S(C)(=O)=O)c3s2)[C@H](C)[C@@H]2[C@@H]([C@@H](C)O)C(=O)N12. The van der Waals surface area contributed by atoms with E-state index in [9.17, 15) is 27.9 Å². The van der Waals surface area contributed by atoms with Crippen LogP contribution in [-0.2, 0) is 33.6 Å². The van der Waals surface area contributed by atoms with Gasteiger partial charge in [0.05, 0.1) is 22.9 Å². The molecule has 7 atom stereocenters. The third-order valence-electron chi connectivity index (χ3n) is 8.74. The van der Waals surface area contributed by atoms with E-state index in [1.54, 1.807) is 10.6 Å². The van der Waals surface area contributed by atoms with Gasteiger partial charge in [-0.25, -0.2) is 23.0 Å². The maximum absolute atomic E-state index is 13.4. The van der Waals surface area contributed by atoms with E-state index in [2.05, 4.69) is 25.8 Å². The first-order chi connectivity index (χ1) is 19.7. The zero-order chi connectivity index (χ0) is 30.7. The van der Waals surface area contributed by atoms with Crippen molar-refractivity contribution in [2.45, 2.75) is 77.2 Å². The highest BCUT2D eigenvalue weighted by Crippen LogP contribution is 2.52. The van der Waals surface area contributed by atoms with Gasteiger partial charge in [-0.1, -0.05) is 34.1 Å². The van der Waals surface area contributed by atoms with Gasteiger partial charge in [0.1, 0.15) is 23.0 Å². The molecule has 1 amide bonds. The van der Waals surface area contributed by atoms with E-state index in [4.69, 9.17) is 14.2 Å². The number of amides is 1. The van der Waals surface area contributed by atoms with Crippen LogP contribution in [0.2, 0.25) is 0 Å². The Labute approximate surface area is 248 Å². The van der Waals surface area contributed by atoms with Gasteiger partial charge in [0.2, 0.25) is 12.7 Å². The number of hydrogen-bond donors (Lipinski definition) is 1. The number of ether oxygens (including phenoxy) is 3. The Hall–Kier alpha value is -2.97. The molecule has 0 spiro atoms. The summed E-state index contributed by atoms with van der Waals surface area (Å²) < 4.78 is 42.1. The second kappa shape index (κ2) is 11.3. The lowest BCUT2D eigenvalue weighted by Crippen LogP contribution is -2.63. The molecule has 230 valence electrons. The van der Waals surface area contributed by atoms with Crippen molar-refractivity contribution in [1.82, 2.24) is 14.3 Å². The van der Waals surface area contributed by atoms with Gasteiger partial charge in [0.25, 0.3) is 0 Å². The molecule has 4 heterocycles. The Balaban J connectivity index is 1.36. The summed E-state index contributed by atoms with van der Waals surface area (Å²) in [6.45, 7) is 8.96. The average Bonchev–Trinajstić information content (AvgIpc) is 3.52. The van der Waals surface area contributed by atoms with E-state index in [0.29, 0.717) is 27.1 Å². The number of imidazole rings is 1. The van der Waals surface area contributed by atoms with E-state index >= 15 is 0 Å². The van der Waals surface area contributed by atoms with Crippen molar-refractivity contribution in [2.24, 2.45) is 29.6 Å². The zero-order valence-electron chi connectivity index (χ0n) is 24.5.